The molecule has 0 saturated heterocycles. The van der Waals surface area contributed by atoms with Crippen LogP contribution >= 0.6 is 0 Å². The predicted molar refractivity (Wildman–Crippen MR) is 115 cm³/mol. The summed E-state index contributed by atoms with van der Waals surface area (Å²) in [6.45, 7) is 2.12. The topological polar surface area (TPSA) is 9.23 Å². The van der Waals surface area contributed by atoms with Crippen LogP contribution in [-0.4, -0.2) is 44.9 Å². The van der Waals surface area contributed by atoms with E-state index in [1.54, 1.807) is 6.07 Å². The first kappa shape index (κ1) is 22.7. The van der Waals surface area contributed by atoms with Crippen LogP contribution < -0.4 is 0 Å². The van der Waals surface area contributed by atoms with Crippen molar-refractivity contribution >= 4 is 0 Å². The van der Waals surface area contributed by atoms with Gasteiger partial charge >= 0.3 is 0 Å². The maximum atomic E-state index is 13.5. The average Bonchev–Trinajstić information content (AvgIpc) is 2.70. The van der Waals surface area contributed by atoms with Crippen molar-refractivity contribution in [3.05, 3.63) is 35.4 Å². The molecule has 2 fully saturated rings. The fraction of sp³-hybridized carbons (Fsp3) is 0.760. The van der Waals surface area contributed by atoms with E-state index in [1.165, 1.54) is 70.0 Å². The highest BCUT2D eigenvalue weighted by atomic mass is 19.2. The van der Waals surface area contributed by atoms with Crippen LogP contribution in [0.15, 0.2) is 18.2 Å². The molecule has 0 bridgehead atoms. The molecule has 3 rings (SSSR count). The largest absolute Gasteiger partial charge is 0.378 e. The van der Waals surface area contributed by atoms with Crippen LogP contribution in [0.5, 0.6) is 0 Å². The van der Waals surface area contributed by atoms with E-state index in [2.05, 4.69) is 21.1 Å². The quantitative estimate of drug-likeness (QED) is 0.362. The van der Waals surface area contributed by atoms with Gasteiger partial charge in [-0.05, 0) is 99.7 Å². The normalized spacial score (nSPS) is 28.4. The molecule has 1 aromatic rings. The maximum absolute atomic E-state index is 13.5. The molecule has 1 aromatic carbocycles. The first-order valence-corrected chi connectivity index (χ1v) is 11.7. The van der Waals surface area contributed by atoms with E-state index in [0.717, 1.165) is 41.3 Å². The van der Waals surface area contributed by atoms with E-state index in [-0.39, 0.29) is 0 Å². The molecule has 0 unspecified atom stereocenters. The van der Waals surface area contributed by atoms with Gasteiger partial charge in [-0.25, -0.2) is 8.78 Å². The van der Waals surface area contributed by atoms with Crippen molar-refractivity contribution in [2.45, 2.75) is 76.2 Å². The molecular formula is C25H40F2NO+. The maximum Gasteiger partial charge on any atom is 0.159 e. The summed E-state index contributed by atoms with van der Waals surface area (Å²) < 4.78 is 33.9. The van der Waals surface area contributed by atoms with Gasteiger partial charge in [-0.1, -0.05) is 6.07 Å². The Kier molecular flexibility index (Phi) is 8.09. The minimum absolute atomic E-state index is 0.396. The Hall–Kier alpha value is -1.00. The minimum Gasteiger partial charge on any atom is -0.378 e. The number of hydrogen-bond acceptors (Lipinski definition) is 1. The highest BCUT2D eigenvalue weighted by molar-refractivity contribution is 5.22. The number of quaternary nitrogens is 1. The zero-order valence-corrected chi connectivity index (χ0v) is 18.6. The second-order valence-corrected chi connectivity index (χ2v) is 10.4. The first-order chi connectivity index (χ1) is 13.8. The lowest BCUT2D eigenvalue weighted by molar-refractivity contribution is -0.870. The van der Waals surface area contributed by atoms with Gasteiger partial charge in [0.25, 0.3) is 0 Å². The van der Waals surface area contributed by atoms with Crippen LogP contribution in [0.3, 0.4) is 0 Å². The molecule has 0 atom stereocenters. The van der Waals surface area contributed by atoms with E-state index >= 15 is 0 Å². The second kappa shape index (κ2) is 10.3. The molecule has 2 aliphatic rings. The number of unbranched alkanes of at least 4 members (excludes halogenated alkanes) is 1. The van der Waals surface area contributed by atoms with Crippen LogP contribution in [0.4, 0.5) is 8.78 Å². The molecule has 164 valence electrons. The molecule has 0 radical (unpaired) electrons. The number of nitrogens with zero attached hydrogens (tertiary/aromatic N) is 1. The van der Waals surface area contributed by atoms with Gasteiger partial charge in [-0.3, -0.25) is 0 Å². The molecule has 2 saturated carbocycles. The zero-order valence-electron chi connectivity index (χ0n) is 18.6. The van der Waals surface area contributed by atoms with Gasteiger partial charge in [0, 0.05) is 6.61 Å². The van der Waals surface area contributed by atoms with Gasteiger partial charge in [0.05, 0.1) is 33.8 Å². The molecule has 0 aromatic heterocycles. The Bertz CT molecular complexity index is 626. The van der Waals surface area contributed by atoms with Gasteiger partial charge in [0.2, 0.25) is 0 Å². The Morgan fingerprint density at radius 3 is 2.03 bits per heavy atom. The summed E-state index contributed by atoms with van der Waals surface area (Å²) in [7, 11) is 6.73. The van der Waals surface area contributed by atoms with E-state index in [1.807, 2.05) is 0 Å². The molecular weight excluding hydrogens is 368 g/mol. The Labute approximate surface area is 176 Å². The predicted octanol–water partition coefficient (Wildman–Crippen LogP) is 6.30. The lowest BCUT2D eigenvalue weighted by atomic mass is 9.69. The summed E-state index contributed by atoms with van der Waals surface area (Å²) in [6.07, 6.45) is 12.6. The fourth-order valence-corrected chi connectivity index (χ4v) is 5.36. The molecule has 0 amide bonds. The lowest BCUT2D eigenvalue weighted by Crippen LogP contribution is -2.35. The van der Waals surface area contributed by atoms with Crippen molar-refractivity contribution in [1.29, 1.82) is 0 Å². The van der Waals surface area contributed by atoms with Crippen molar-refractivity contribution in [3.63, 3.8) is 0 Å². The van der Waals surface area contributed by atoms with Crippen LogP contribution in [0.2, 0.25) is 0 Å². The van der Waals surface area contributed by atoms with Gasteiger partial charge in [-0.15, -0.1) is 0 Å². The van der Waals surface area contributed by atoms with Crippen LogP contribution in [-0.2, 0) is 4.74 Å². The third kappa shape index (κ3) is 7.03. The molecule has 2 aliphatic carbocycles. The van der Waals surface area contributed by atoms with Crippen molar-refractivity contribution in [2.75, 3.05) is 34.3 Å². The number of halogens is 2. The molecule has 4 heteroatoms. The molecule has 2 nitrogen and oxygen atoms in total. The molecule has 0 aliphatic heterocycles. The Morgan fingerprint density at radius 1 is 0.828 bits per heavy atom. The van der Waals surface area contributed by atoms with Crippen molar-refractivity contribution in [3.8, 4) is 0 Å². The first-order valence-electron chi connectivity index (χ1n) is 11.7. The van der Waals surface area contributed by atoms with Crippen molar-refractivity contribution in [1.82, 2.24) is 0 Å². The van der Waals surface area contributed by atoms with E-state index in [4.69, 9.17) is 4.74 Å². The Balaban J connectivity index is 1.33. The smallest absolute Gasteiger partial charge is 0.159 e. The molecule has 0 spiro atoms. The molecule has 0 heterocycles. The number of hydrogen-bond donors (Lipinski definition) is 0. The summed E-state index contributed by atoms with van der Waals surface area (Å²) in [5.74, 6) is 0.587. The zero-order chi connectivity index (χ0) is 20.9. The van der Waals surface area contributed by atoms with Gasteiger partial charge in [-0.2, -0.15) is 0 Å². The third-order valence-electron chi connectivity index (χ3n) is 7.15. The summed E-state index contributed by atoms with van der Waals surface area (Å²) in [5.41, 5.74) is 0.977. The minimum atomic E-state index is -0.741. The Morgan fingerprint density at radius 2 is 1.45 bits per heavy atom. The van der Waals surface area contributed by atoms with Crippen LogP contribution in [0, 0.1) is 23.5 Å². The second-order valence-electron chi connectivity index (χ2n) is 10.4. The monoisotopic (exact) mass is 408 g/mol. The van der Waals surface area contributed by atoms with Gasteiger partial charge in [0.15, 0.2) is 11.6 Å². The fourth-order valence-electron chi connectivity index (χ4n) is 5.36. The SMILES string of the molecule is C[N+](C)(C)CCCCOC1CCC(C2CCC(c3ccc(F)c(F)c3)CC2)CC1. The summed E-state index contributed by atoms with van der Waals surface area (Å²) >= 11 is 0. The highest BCUT2D eigenvalue weighted by Gasteiger charge is 2.31. The number of rotatable bonds is 8. The average molecular weight is 409 g/mol. The molecule has 0 N–H and O–H groups in total. The number of ether oxygens (including phenoxy) is 1. The summed E-state index contributed by atoms with van der Waals surface area (Å²) in [6, 6.07) is 4.45. The van der Waals surface area contributed by atoms with Crippen LogP contribution in [0.25, 0.3) is 0 Å². The van der Waals surface area contributed by atoms with E-state index in [9.17, 15) is 8.78 Å². The van der Waals surface area contributed by atoms with Gasteiger partial charge in [0.1, 0.15) is 0 Å². The summed E-state index contributed by atoms with van der Waals surface area (Å²) in [4.78, 5) is 0. The highest BCUT2D eigenvalue weighted by Crippen LogP contribution is 2.43. The van der Waals surface area contributed by atoms with Gasteiger partial charge < -0.3 is 9.22 Å². The van der Waals surface area contributed by atoms with Crippen molar-refractivity contribution < 1.29 is 18.0 Å². The molecule has 29 heavy (non-hydrogen) atoms. The van der Waals surface area contributed by atoms with E-state index < -0.39 is 11.6 Å². The van der Waals surface area contributed by atoms with Crippen molar-refractivity contribution in [2.24, 2.45) is 11.8 Å². The van der Waals surface area contributed by atoms with E-state index in [0.29, 0.717) is 12.0 Å². The third-order valence-corrected chi connectivity index (χ3v) is 7.15. The van der Waals surface area contributed by atoms with Crippen LogP contribution in [0.1, 0.15) is 75.7 Å². The number of benzene rings is 1. The lowest BCUT2D eigenvalue weighted by Gasteiger charge is -2.38. The standard InChI is InChI=1S/C25H40F2NO/c1-28(2,3)16-4-5-17-29-23-13-10-20(11-14-23)19-6-8-21(9-7-19)22-12-15-24(26)25(27)18-22/h12,15,18-21,23H,4-11,13-14,16-17H2,1-3H3/q+1. The summed E-state index contributed by atoms with van der Waals surface area (Å²) in [5, 5.41) is 0.